The summed E-state index contributed by atoms with van der Waals surface area (Å²) >= 11 is 0. The molecule has 1 aliphatic carbocycles. The van der Waals surface area contributed by atoms with E-state index in [2.05, 4.69) is 6.58 Å². The summed E-state index contributed by atoms with van der Waals surface area (Å²) < 4.78 is 4.77. The highest BCUT2D eigenvalue weighted by molar-refractivity contribution is 5.95. The van der Waals surface area contributed by atoms with Crippen LogP contribution in [0.4, 0.5) is 0 Å². The zero-order chi connectivity index (χ0) is 15.0. The first kappa shape index (κ1) is 16.2. The molecule has 0 radical (unpaired) electrons. The second-order valence-corrected chi connectivity index (χ2v) is 5.13. The van der Waals surface area contributed by atoms with Crippen LogP contribution in [0.1, 0.15) is 45.4 Å². The zero-order valence-electron chi connectivity index (χ0n) is 12.4. The smallest absolute Gasteiger partial charge is 0.339 e. The number of ether oxygens (including phenoxy) is 1. The molecule has 0 aromatic rings. The van der Waals surface area contributed by atoms with Crippen LogP contribution in [0.25, 0.3) is 0 Å². The van der Waals surface area contributed by atoms with Crippen molar-refractivity contribution >= 4 is 5.97 Å². The highest BCUT2D eigenvalue weighted by atomic mass is 16.5. The van der Waals surface area contributed by atoms with E-state index >= 15 is 0 Å². The molecule has 1 saturated carbocycles. The number of hydrogen-bond donors (Lipinski definition) is 0. The third kappa shape index (κ3) is 4.38. The first-order valence-corrected chi connectivity index (χ1v) is 7.19. The number of carbonyl (C=O) groups excluding carboxylic acids is 1. The van der Waals surface area contributed by atoms with Crippen molar-refractivity contribution in [2.24, 2.45) is 5.92 Å². The van der Waals surface area contributed by atoms with Gasteiger partial charge in [-0.15, -0.1) is 0 Å². The maximum absolute atomic E-state index is 11.8. The molecule has 3 nitrogen and oxygen atoms in total. The van der Waals surface area contributed by atoms with Crippen LogP contribution in [-0.4, -0.2) is 13.1 Å². The summed E-state index contributed by atoms with van der Waals surface area (Å²) in [6.45, 7) is 5.85. The van der Waals surface area contributed by atoms with E-state index < -0.39 is 5.97 Å². The van der Waals surface area contributed by atoms with Crippen molar-refractivity contribution in [3.8, 4) is 6.07 Å². The fourth-order valence-corrected chi connectivity index (χ4v) is 2.59. The molecule has 20 heavy (non-hydrogen) atoms. The van der Waals surface area contributed by atoms with E-state index in [4.69, 9.17) is 10.00 Å². The van der Waals surface area contributed by atoms with Gasteiger partial charge in [0.1, 0.15) is 0 Å². The van der Waals surface area contributed by atoms with Gasteiger partial charge in [0.05, 0.1) is 24.3 Å². The van der Waals surface area contributed by atoms with Crippen molar-refractivity contribution in [3.05, 3.63) is 35.5 Å². The molecule has 0 aromatic carbocycles. The van der Waals surface area contributed by atoms with E-state index in [0.29, 0.717) is 17.1 Å². The van der Waals surface area contributed by atoms with Gasteiger partial charge in [0.15, 0.2) is 0 Å². The Labute approximate surface area is 121 Å². The second-order valence-electron chi connectivity index (χ2n) is 5.13. The fraction of sp³-hybridized carbons (Fsp3) is 0.529. The Morgan fingerprint density at radius 3 is 2.35 bits per heavy atom. The molecule has 0 bridgehead atoms. The molecule has 0 heterocycles. The summed E-state index contributed by atoms with van der Waals surface area (Å²) in [4.78, 5) is 11.8. The predicted molar refractivity (Wildman–Crippen MR) is 79.8 cm³/mol. The van der Waals surface area contributed by atoms with E-state index in [0.717, 1.165) is 18.4 Å². The molecule has 1 rings (SSSR count). The highest BCUT2D eigenvalue weighted by Crippen LogP contribution is 2.29. The molecule has 0 saturated heterocycles. The fourth-order valence-electron chi connectivity index (χ4n) is 2.59. The minimum Gasteiger partial charge on any atom is -0.465 e. The van der Waals surface area contributed by atoms with Gasteiger partial charge in [0.25, 0.3) is 0 Å². The van der Waals surface area contributed by atoms with Crippen molar-refractivity contribution in [3.63, 3.8) is 0 Å². The van der Waals surface area contributed by atoms with E-state index in [9.17, 15) is 4.79 Å². The lowest BCUT2D eigenvalue weighted by molar-refractivity contribution is -0.135. The van der Waals surface area contributed by atoms with Crippen molar-refractivity contribution in [1.82, 2.24) is 0 Å². The van der Waals surface area contributed by atoms with Gasteiger partial charge >= 0.3 is 5.97 Å². The average Bonchev–Trinajstić information content (AvgIpc) is 2.75. The number of rotatable bonds is 4. The van der Waals surface area contributed by atoms with Gasteiger partial charge in [-0.1, -0.05) is 43.9 Å². The molecule has 0 atom stereocenters. The van der Waals surface area contributed by atoms with Crippen LogP contribution in [0, 0.1) is 17.2 Å². The van der Waals surface area contributed by atoms with Gasteiger partial charge < -0.3 is 4.74 Å². The second kappa shape index (κ2) is 8.37. The van der Waals surface area contributed by atoms with Gasteiger partial charge in [0.2, 0.25) is 0 Å². The first-order chi connectivity index (χ1) is 9.63. The van der Waals surface area contributed by atoms with Crippen LogP contribution in [-0.2, 0) is 9.53 Å². The minimum absolute atomic E-state index is 0.312. The number of carbonyl (C=O) groups is 1. The van der Waals surface area contributed by atoms with E-state index in [1.807, 2.05) is 6.07 Å². The van der Waals surface area contributed by atoms with E-state index in [1.165, 1.54) is 32.8 Å². The number of hydrogen-bond acceptors (Lipinski definition) is 3. The Morgan fingerprint density at radius 2 is 1.90 bits per heavy atom. The monoisotopic (exact) mass is 273 g/mol. The number of esters is 1. The van der Waals surface area contributed by atoms with Gasteiger partial charge in [-0.3, -0.25) is 0 Å². The molecule has 108 valence electrons. The SMILES string of the molecule is C=C(/C=C(C(=O)OC)\C(C#N)=C/C)C1CCCCCC1. The van der Waals surface area contributed by atoms with Gasteiger partial charge in [0, 0.05) is 0 Å². The highest BCUT2D eigenvalue weighted by Gasteiger charge is 2.19. The molecular formula is C17H23NO2. The molecule has 1 aliphatic rings. The lowest BCUT2D eigenvalue weighted by Gasteiger charge is -2.15. The van der Waals surface area contributed by atoms with Crippen LogP contribution in [0.5, 0.6) is 0 Å². The summed E-state index contributed by atoms with van der Waals surface area (Å²) in [5.41, 5.74) is 1.58. The molecule has 0 N–H and O–H groups in total. The lowest BCUT2D eigenvalue weighted by Crippen LogP contribution is -2.09. The third-order valence-electron chi connectivity index (χ3n) is 3.81. The molecule has 0 unspecified atom stereocenters. The van der Waals surface area contributed by atoms with Crippen LogP contribution in [0.15, 0.2) is 35.5 Å². The lowest BCUT2D eigenvalue weighted by atomic mass is 9.90. The summed E-state index contributed by atoms with van der Waals surface area (Å²) in [6, 6.07) is 2.04. The Kier molecular flexibility index (Phi) is 6.79. The van der Waals surface area contributed by atoms with Gasteiger partial charge in [-0.05, 0) is 31.8 Å². The average molecular weight is 273 g/mol. The van der Waals surface area contributed by atoms with Crippen molar-refractivity contribution < 1.29 is 9.53 Å². The number of allylic oxidation sites excluding steroid dienone is 3. The largest absolute Gasteiger partial charge is 0.465 e. The summed E-state index contributed by atoms with van der Waals surface area (Å²) in [7, 11) is 1.33. The quantitative estimate of drug-likeness (QED) is 0.255. The molecule has 0 aromatic heterocycles. The maximum atomic E-state index is 11.8. The summed E-state index contributed by atoms with van der Waals surface area (Å²) in [5.74, 6) is -0.0663. The zero-order valence-corrected chi connectivity index (χ0v) is 12.4. The Balaban J connectivity index is 2.97. The van der Waals surface area contributed by atoms with E-state index in [1.54, 1.807) is 19.1 Å². The number of nitriles is 1. The molecule has 1 fully saturated rings. The molecule has 0 amide bonds. The first-order valence-electron chi connectivity index (χ1n) is 7.19. The minimum atomic E-state index is -0.477. The predicted octanol–water partition coefficient (Wildman–Crippen LogP) is 4.08. The van der Waals surface area contributed by atoms with Gasteiger partial charge in [-0.25, -0.2) is 4.79 Å². The molecule has 0 aliphatic heterocycles. The van der Waals surface area contributed by atoms with Crippen molar-refractivity contribution in [2.45, 2.75) is 45.4 Å². The topological polar surface area (TPSA) is 50.1 Å². The molecule has 0 spiro atoms. The maximum Gasteiger partial charge on any atom is 0.339 e. The summed E-state index contributed by atoms with van der Waals surface area (Å²) in [6.07, 6.45) is 10.6. The Bertz CT molecular complexity index is 458. The van der Waals surface area contributed by atoms with Crippen LogP contribution in [0.2, 0.25) is 0 Å². The number of methoxy groups -OCH3 is 1. The molecule has 3 heteroatoms. The number of nitrogens with zero attached hydrogens (tertiary/aromatic N) is 1. The van der Waals surface area contributed by atoms with Crippen LogP contribution in [0.3, 0.4) is 0 Å². The third-order valence-corrected chi connectivity index (χ3v) is 3.81. The van der Waals surface area contributed by atoms with Crippen molar-refractivity contribution in [1.29, 1.82) is 5.26 Å². The Morgan fingerprint density at radius 1 is 1.30 bits per heavy atom. The van der Waals surface area contributed by atoms with Crippen LogP contribution < -0.4 is 0 Å². The van der Waals surface area contributed by atoms with Crippen molar-refractivity contribution in [2.75, 3.05) is 7.11 Å². The van der Waals surface area contributed by atoms with Gasteiger partial charge in [-0.2, -0.15) is 5.26 Å². The van der Waals surface area contributed by atoms with Crippen LogP contribution >= 0.6 is 0 Å². The summed E-state index contributed by atoms with van der Waals surface area (Å²) in [5, 5.41) is 9.11. The van der Waals surface area contributed by atoms with E-state index in [-0.39, 0.29) is 0 Å². The standard InChI is InChI=1S/C17H23NO2/c1-4-14(12-18)16(17(19)20-3)11-13(2)15-9-7-5-6-8-10-15/h4,11,15H,2,5-10H2,1,3H3/b14-4-,16-11+. The Hall–Kier alpha value is -1.82. The normalized spacial score (nSPS) is 18.1. The molecular weight excluding hydrogens is 250 g/mol.